The molecule has 0 unspecified atom stereocenters. The zero-order valence-corrected chi connectivity index (χ0v) is 15.0. The third kappa shape index (κ3) is 2.97. The molecule has 0 saturated carbocycles. The van der Waals surface area contributed by atoms with Crippen molar-refractivity contribution in [2.24, 2.45) is 0 Å². The monoisotopic (exact) mass is 348 g/mol. The first-order chi connectivity index (χ1) is 12.5. The third-order valence-electron chi connectivity index (χ3n) is 5.03. The van der Waals surface area contributed by atoms with Gasteiger partial charge in [0.2, 0.25) is 0 Å². The second-order valence-electron chi connectivity index (χ2n) is 6.94. The van der Waals surface area contributed by atoms with Gasteiger partial charge in [0.05, 0.1) is 0 Å². The van der Waals surface area contributed by atoms with Gasteiger partial charge in [0.25, 0.3) is 0 Å². The maximum atomic E-state index is 14.6. The number of hydrogen-bond acceptors (Lipinski definition) is 3. The molecule has 4 heteroatoms. The first-order valence-corrected chi connectivity index (χ1v) is 8.81. The van der Waals surface area contributed by atoms with Gasteiger partial charge in [0, 0.05) is 42.0 Å². The van der Waals surface area contributed by atoms with Crippen LogP contribution >= 0.6 is 0 Å². The number of nitrogens with zero attached hydrogens (tertiary/aromatic N) is 2. The standard InChI is InChI=1S/C22H21FN2O/c1-15(26)16-7-8-22-18(11-16)14-24(2)9-10-25(22)19-12-17-5-3-4-6-20(17)21(23)13-19/h3-8,11-13H,9-10,14H2,1-2H3. The number of carbonyl (C=O) groups is 1. The molecule has 0 atom stereocenters. The van der Waals surface area contributed by atoms with E-state index >= 15 is 0 Å². The van der Waals surface area contributed by atoms with E-state index < -0.39 is 0 Å². The van der Waals surface area contributed by atoms with Crippen LogP contribution in [0.4, 0.5) is 15.8 Å². The van der Waals surface area contributed by atoms with E-state index in [4.69, 9.17) is 0 Å². The molecular weight excluding hydrogens is 327 g/mol. The molecule has 132 valence electrons. The number of anilines is 2. The number of benzene rings is 3. The van der Waals surface area contributed by atoms with Crippen LogP contribution in [0.2, 0.25) is 0 Å². The van der Waals surface area contributed by atoms with E-state index in [0.29, 0.717) is 10.9 Å². The van der Waals surface area contributed by atoms with E-state index in [1.807, 2.05) is 42.5 Å². The molecule has 0 saturated heterocycles. The van der Waals surface area contributed by atoms with Gasteiger partial charge in [-0.2, -0.15) is 0 Å². The van der Waals surface area contributed by atoms with Crippen molar-refractivity contribution in [1.82, 2.24) is 4.90 Å². The van der Waals surface area contributed by atoms with Crippen molar-refractivity contribution in [2.75, 3.05) is 25.0 Å². The fraction of sp³-hybridized carbons (Fsp3) is 0.227. The van der Waals surface area contributed by atoms with Gasteiger partial charge in [-0.3, -0.25) is 4.79 Å². The highest BCUT2D eigenvalue weighted by Crippen LogP contribution is 2.34. The quantitative estimate of drug-likeness (QED) is 0.624. The molecule has 1 heterocycles. The number of rotatable bonds is 2. The average Bonchev–Trinajstić information content (AvgIpc) is 2.79. The van der Waals surface area contributed by atoms with E-state index in [2.05, 4.69) is 16.8 Å². The zero-order chi connectivity index (χ0) is 18.3. The average molecular weight is 348 g/mol. The van der Waals surface area contributed by atoms with Crippen LogP contribution in [0.3, 0.4) is 0 Å². The Morgan fingerprint density at radius 3 is 2.65 bits per heavy atom. The summed E-state index contributed by atoms with van der Waals surface area (Å²) in [7, 11) is 2.06. The van der Waals surface area contributed by atoms with Gasteiger partial charge < -0.3 is 9.80 Å². The summed E-state index contributed by atoms with van der Waals surface area (Å²) in [5.41, 5.74) is 3.68. The van der Waals surface area contributed by atoms with Crippen LogP contribution in [-0.4, -0.2) is 30.8 Å². The van der Waals surface area contributed by atoms with Crippen molar-refractivity contribution in [3.8, 4) is 0 Å². The van der Waals surface area contributed by atoms with Crippen molar-refractivity contribution >= 4 is 27.9 Å². The predicted molar refractivity (Wildman–Crippen MR) is 104 cm³/mol. The summed E-state index contributed by atoms with van der Waals surface area (Å²) in [5.74, 6) is -0.152. The van der Waals surface area contributed by atoms with Crippen LogP contribution < -0.4 is 4.90 Å². The van der Waals surface area contributed by atoms with E-state index in [1.54, 1.807) is 19.1 Å². The molecule has 26 heavy (non-hydrogen) atoms. The molecule has 4 rings (SSSR count). The fourth-order valence-corrected chi connectivity index (χ4v) is 3.63. The Bertz CT molecular complexity index is 999. The second-order valence-corrected chi connectivity index (χ2v) is 6.94. The highest BCUT2D eigenvalue weighted by Gasteiger charge is 2.21. The normalized spacial score (nSPS) is 15.0. The van der Waals surface area contributed by atoms with Crippen LogP contribution in [-0.2, 0) is 6.54 Å². The summed E-state index contributed by atoms with van der Waals surface area (Å²) >= 11 is 0. The van der Waals surface area contributed by atoms with Crippen molar-refractivity contribution < 1.29 is 9.18 Å². The van der Waals surface area contributed by atoms with E-state index in [1.165, 1.54) is 0 Å². The zero-order valence-electron chi connectivity index (χ0n) is 15.0. The molecule has 0 aliphatic carbocycles. The highest BCUT2D eigenvalue weighted by atomic mass is 19.1. The lowest BCUT2D eigenvalue weighted by atomic mass is 10.0. The lowest BCUT2D eigenvalue weighted by Gasteiger charge is -2.25. The molecule has 0 radical (unpaired) electrons. The number of carbonyl (C=O) groups excluding carboxylic acids is 1. The Morgan fingerprint density at radius 1 is 1.04 bits per heavy atom. The molecule has 3 aromatic carbocycles. The maximum Gasteiger partial charge on any atom is 0.159 e. The first-order valence-electron chi connectivity index (χ1n) is 8.81. The number of ketones is 1. The third-order valence-corrected chi connectivity index (χ3v) is 5.03. The molecule has 0 bridgehead atoms. The minimum atomic E-state index is -0.211. The summed E-state index contributed by atoms with van der Waals surface area (Å²) in [6.45, 7) is 3.97. The number of halogens is 1. The van der Waals surface area contributed by atoms with Gasteiger partial charge in [0.1, 0.15) is 5.82 Å². The second kappa shape index (κ2) is 6.54. The van der Waals surface area contributed by atoms with Crippen molar-refractivity contribution in [2.45, 2.75) is 13.5 Å². The van der Waals surface area contributed by atoms with E-state index in [0.717, 1.165) is 42.0 Å². The number of Topliss-reactive ketones (excluding diaryl/α,β-unsaturated/α-hetero) is 1. The summed E-state index contributed by atoms with van der Waals surface area (Å²) in [6.07, 6.45) is 0. The van der Waals surface area contributed by atoms with Gasteiger partial charge in [0.15, 0.2) is 5.78 Å². The Labute approximate surface area is 152 Å². The molecule has 0 amide bonds. The first kappa shape index (κ1) is 16.7. The van der Waals surface area contributed by atoms with Crippen LogP contribution in [0, 0.1) is 5.82 Å². The van der Waals surface area contributed by atoms with Crippen molar-refractivity contribution in [3.63, 3.8) is 0 Å². The van der Waals surface area contributed by atoms with Gasteiger partial charge in [-0.1, -0.05) is 24.3 Å². The van der Waals surface area contributed by atoms with Crippen LogP contribution in [0.25, 0.3) is 10.8 Å². The Kier molecular flexibility index (Phi) is 4.21. The maximum absolute atomic E-state index is 14.6. The minimum Gasteiger partial charge on any atom is -0.340 e. The Morgan fingerprint density at radius 2 is 1.85 bits per heavy atom. The largest absolute Gasteiger partial charge is 0.340 e. The molecule has 0 N–H and O–H groups in total. The molecule has 0 aromatic heterocycles. The van der Waals surface area contributed by atoms with E-state index in [-0.39, 0.29) is 11.6 Å². The molecule has 3 aromatic rings. The van der Waals surface area contributed by atoms with Gasteiger partial charge >= 0.3 is 0 Å². The summed E-state index contributed by atoms with van der Waals surface area (Å²) in [4.78, 5) is 16.1. The summed E-state index contributed by atoms with van der Waals surface area (Å²) in [5, 5.41) is 1.53. The SMILES string of the molecule is CC(=O)c1ccc2c(c1)CN(C)CCN2c1cc(F)c2ccccc2c1. The smallest absolute Gasteiger partial charge is 0.159 e. The summed E-state index contributed by atoms with van der Waals surface area (Å²) in [6, 6.07) is 17.0. The molecular formula is C22H21FN2O. The fourth-order valence-electron chi connectivity index (χ4n) is 3.63. The number of fused-ring (bicyclic) bond motifs is 2. The van der Waals surface area contributed by atoms with Crippen molar-refractivity contribution in [3.05, 3.63) is 71.5 Å². The topological polar surface area (TPSA) is 23.6 Å². The van der Waals surface area contributed by atoms with Crippen LogP contribution in [0.15, 0.2) is 54.6 Å². The van der Waals surface area contributed by atoms with Gasteiger partial charge in [-0.15, -0.1) is 0 Å². The van der Waals surface area contributed by atoms with Crippen LogP contribution in [0.1, 0.15) is 22.8 Å². The lowest BCUT2D eigenvalue weighted by Crippen LogP contribution is -2.26. The molecule has 0 fully saturated rings. The lowest BCUT2D eigenvalue weighted by molar-refractivity contribution is 0.101. The summed E-state index contributed by atoms with van der Waals surface area (Å²) < 4.78 is 14.6. The van der Waals surface area contributed by atoms with Gasteiger partial charge in [-0.25, -0.2) is 4.39 Å². The van der Waals surface area contributed by atoms with Gasteiger partial charge in [-0.05, 0) is 55.3 Å². The van der Waals surface area contributed by atoms with E-state index in [9.17, 15) is 9.18 Å². The van der Waals surface area contributed by atoms with Crippen molar-refractivity contribution in [1.29, 1.82) is 0 Å². The molecule has 0 spiro atoms. The molecule has 3 nitrogen and oxygen atoms in total. The Balaban J connectivity index is 1.86. The minimum absolute atomic E-state index is 0.0583. The molecule has 1 aliphatic heterocycles. The Hall–Kier alpha value is -2.72. The highest BCUT2D eigenvalue weighted by molar-refractivity contribution is 5.95. The van der Waals surface area contributed by atoms with Crippen LogP contribution in [0.5, 0.6) is 0 Å². The molecule has 1 aliphatic rings. The number of likely N-dealkylation sites (N-methyl/N-ethyl adjacent to an activating group) is 1. The number of hydrogen-bond donors (Lipinski definition) is 0. The predicted octanol–water partition coefficient (Wildman–Crippen LogP) is 4.77.